The highest BCUT2D eigenvalue weighted by molar-refractivity contribution is 5.88. The largest absolute Gasteiger partial charge is 0.487 e. The summed E-state index contributed by atoms with van der Waals surface area (Å²) in [5.74, 6) is -0.315. The van der Waals surface area contributed by atoms with E-state index in [1.807, 2.05) is 30.3 Å². The monoisotopic (exact) mass is 606 g/mol. The van der Waals surface area contributed by atoms with Gasteiger partial charge >= 0.3 is 5.97 Å². The lowest BCUT2D eigenvalue weighted by Gasteiger charge is -2.15. The Kier molecular flexibility index (Phi) is 12.1. The molecule has 1 aromatic heterocycles. The Morgan fingerprint density at radius 1 is 0.867 bits per heavy atom. The minimum absolute atomic E-state index is 0.110. The average Bonchev–Trinajstić information content (AvgIpc) is 3.55. The molecule has 5 N–H and O–H groups in total. The number of aliphatic hydroxyl groups excluding tert-OH is 1. The van der Waals surface area contributed by atoms with Crippen LogP contribution in [0.3, 0.4) is 0 Å². The van der Waals surface area contributed by atoms with Crippen molar-refractivity contribution < 1.29 is 19.7 Å². The third-order valence-corrected chi connectivity index (χ3v) is 7.91. The Morgan fingerprint density at radius 3 is 2.00 bits per heavy atom. The van der Waals surface area contributed by atoms with E-state index in [4.69, 9.17) is 15.6 Å². The first-order valence-corrected chi connectivity index (χ1v) is 15.5. The zero-order valence-corrected chi connectivity index (χ0v) is 26.0. The lowest BCUT2D eigenvalue weighted by Crippen LogP contribution is -2.13. The molecule has 0 saturated heterocycles. The van der Waals surface area contributed by atoms with Crippen LogP contribution in [-0.2, 0) is 32.3 Å². The number of benzene rings is 4. The number of aryl methyl sites for hydroxylation is 4. The number of aromatic carboxylic acids is 1. The SMILES string of the molecule is CCc1cc2c(cc1CC)CCC2.NCC(O)c1ccc(OCc2ccccc2)c2[nH]c(=O)ccc12.O=C(O)c1ccccc1. The zero-order valence-electron chi connectivity index (χ0n) is 26.0. The van der Waals surface area contributed by atoms with E-state index in [0.717, 1.165) is 10.9 Å². The molecule has 0 saturated carbocycles. The Balaban J connectivity index is 0.000000175. The Hall–Kier alpha value is -4.72. The van der Waals surface area contributed by atoms with Gasteiger partial charge in [0.1, 0.15) is 12.4 Å². The number of ether oxygens (including phenoxy) is 1. The highest BCUT2D eigenvalue weighted by atomic mass is 16.5. The molecule has 6 rings (SSSR count). The van der Waals surface area contributed by atoms with E-state index < -0.39 is 12.1 Å². The predicted octanol–water partition coefficient (Wildman–Crippen LogP) is 6.78. The Morgan fingerprint density at radius 2 is 1.47 bits per heavy atom. The van der Waals surface area contributed by atoms with Crippen molar-refractivity contribution in [2.24, 2.45) is 5.73 Å². The number of carbonyl (C=O) groups is 1. The van der Waals surface area contributed by atoms with Gasteiger partial charge in [-0.25, -0.2) is 4.79 Å². The first kappa shape index (κ1) is 33.2. The first-order chi connectivity index (χ1) is 21.8. The molecule has 45 heavy (non-hydrogen) atoms. The number of pyridine rings is 1. The number of aliphatic hydroxyl groups is 1. The molecule has 1 aliphatic rings. The second kappa shape index (κ2) is 16.4. The fourth-order valence-electron chi connectivity index (χ4n) is 5.49. The molecule has 7 heteroatoms. The second-order valence-corrected chi connectivity index (χ2v) is 10.9. The van der Waals surface area contributed by atoms with Gasteiger partial charge < -0.3 is 25.7 Å². The summed E-state index contributed by atoms with van der Waals surface area (Å²) < 4.78 is 5.85. The standard InChI is InChI=1S/C18H18N2O3.C13H18.C7H6O2/c19-10-15(21)13-6-8-16(18-14(13)7-9-17(22)20-18)23-11-12-4-2-1-3-5-12;1-3-10-8-12-6-5-7-13(12)9-11(10)4-2;8-7(9)6-4-2-1-3-5-6/h1-9,15,21H,10-11,19H2,(H,20,22);8-9H,3-7H2,1-2H3;1-5H,(H,8,9). The van der Waals surface area contributed by atoms with E-state index in [9.17, 15) is 14.7 Å². The van der Waals surface area contributed by atoms with Crippen LogP contribution in [0, 0.1) is 0 Å². The lowest BCUT2D eigenvalue weighted by molar-refractivity contribution is 0.0697. The molecular weight excluding hydrogens is 564 g/mol. The van der Waals surface area contributed by atoms with Crippen LogP contribution in [0.15, 0.2) is 102 Å². The normalized spacial score (nSPS) is 12.3. The molecule has 0 aliphatic heterocycles. The summed E-state index contributed by atoms with van der Waals surface area (Å²) in [6.07, 6.45) is 5.59. The molecule has 0 fully saturated rings. The maximum atomic E-state index is 11.7. The molecular formula is C38H42N2O5. The van der Waals surface area contributed by atoms with Crippen molar-refractivity contribution in [2.45, 2.75) is 58.7 Å². The van der Waals surface area contributed by atoms with Gasteiger partial charge in [0.25, 0.3) is 0 Å². The number of rotatable bonds is 8. The van der Waals surface area contributed by atoms with Gasteiger partial charge in [0.2, 0.25) is 5.56 Å². The summed E-state index contributed by atoms with van der Waals surface area (Å²) in [6, 6.07) is 29.6. The lowest BCUT2D eigenvalue weighted by atomic mass is 9.97. The predicted molar refractivity (Wildman–Crippen MR) is 180 cm³/mol. The number of nitrogens with two attached hydrogens (primary N) is 1. The smallest absolute Gasteiger partial charge is 0.335 e. The highest BCUT2D eigenvalue weighted by Crippen LogP contribution is 2.30. The molecule has 5 aromatic rings. The molecule has 0 radical (unpaired) electrons. The van der Waals surface area contributed by atoms with E-state index in [-0.39, 0.29) is 12.1 Å². The van der Waals surface area contributed by atoms with Gasteiger partial charge in [0.05, 0.1) is 17.2 Å². The zero-order chi connectivity index (χ0) is 32.2. The maximum absolute atomic E-state index is 11.7. The Bertz CT molecular complexity index is 1720. The van der Waals surface area contributed by atoms with Gasteiger partial charge in [-0.2, -0.15) is 0 Å². The van der Waals surface area contributed by atoms with Crippen molar-refractivity contribution in [3.63, 3.8) is 0 Å². The number of hydrogen-bond donors (Lipinski definition) is 4. The van der Waals surface area contributed by atoms with Gasteiger partial charge in [-0.15, -0.1) is 0 Å². The average molecular weight is 607 g/mol. The number of nitrogens with one attached hydrogen (secondary N) is 1. The van der Waals surface area contributed by atoms with E-state index >= 15 is 0 Å². The fourth-order valence-corrected chi connectivity index (χ4v) is 5.49. The molecule has 1 unspecified atom stereocenters. The number of aromatic amines is 1. The maximum Gasteiger partial charge on any atom is 0.335 e. The molecule has 234 valence electrons. The van der Waals surface area contributed by atoms with Gasteiger partial charge in [-0.1, -0.05) is 80.6 Å². The summed E-state index contributed by atoms with van der Waals surface area (Å²) in [5, 5.41) is 19.2. The van der Waals surface area contributed by atoms with Crippen LogP contribution in [0.5, 0.6) is 5.75 Å². The minimum Gasteiger partial charge on any atom is -0.487 e. The van der Waals surface area contributed by atoms with Crippen LogP contribution in [0.2, 0.25) is 0 Å². The van der Waals surface area contributed by atoms with E-state index in [0.29, 0.717) is 29.0 Å². The number of fused-ring (bicyclic) bond motifs is 2. The molecule has 0 amide bonds. The summed E-state index contributed by atoms with van der Waals surface area (Å²) in [4.78, 5) is 24.6. The molecule has 1 atom stereocenters. The van der Waals surface area contributed by atoms with Crippen LogP contribution in [0.1, 0.15) is 70.1 Å². The number of H-pyrrole nitrogens is 1. The molecule has 1 heterocycles. The fraction of sp³-hybridized carbons (Fsp3) is 0.263. The van der Waals surface area contributed by atoms with Crippen molar-refractivity contribution in [2.75, 3.05) is 6.54 Å². The van der Waals surface area contributed by atoms with Gasteiger partial charge in [0, 0.05) is 18.0 Å². The van der Waals surface area contributed by atoms with Crippen LogP contribution < -0.4 is 16.0 Å². The highest BCUT2D eigenvalue weighted by Gasteiger charge is 2.14. The third kappa shape index (κ3) is 8.91. The van der Waals surface area contributed by atoms with Crippen LogP contribution >= 0.6 is 0 Å². The van der Waals surface area contributed by atoms with E-state index in [2.05, 4.69) is 31.0 Å². The topological polar surface area (TPSA) is 126 Å². The van der Waals surface area contributed by atoms with Crippen LogP contribution in [-0.4, -0.2) is 27.7 Å². The van der Waals surface area contributed by atoms with Gasteiger partial charge in [-0.05, 0) is 89.8 Å². The Labute approximate surface area is 264 Å². The summed E-state index contributed by atoms with van der Waals surface area (Å²) >= 11 is 0. The van der Waals surface area contributed by atoms with Crippen molar-refractivity contribution in [3.8, 4) is 5.75 Å². The summed E-state index contributed by atoms with van der Waals surface area (Å²) in [6.45, 7) is 5.02. The third-order valence-electron chi connectivity index (χ3n) is 7.91. The number of carboxylic acids is 1. The number of hydrogen-bond acceptors (Lipinski definition) is 5. The number of carboxylic acid groups (broad SMARTS) is 1. The first-order valence-electron chi connectivity index (χ1n) is 15.5. The summed E-state index contributed by atoms with van der Waals surface area (Å²) in [7, 11) is 0. The van der Waals surface area contributed by atoms with Crippen molar-refractivity contribution in [3.05, 3.63) is 146 Å². The molecule has 1 aliphatic carbocycles. The summed E-state index contributed by atoms with van der Waals surface area (Å²) in [5.41, 5.74) is 14.3. The van der Waals surface area contributed by atoms with Gasteiger partial charge in [-0.3, -0.25) is 4.79 Å². The molecule has 0 bridgehead atoms. The quantitative estimate of drug-likeness (QED) is 0.154. The van der Waals surface area contributed by atoms with Crippen molar-refractivity contribution in [1.82, 2.24) is 4.98 Å². The van der Waals surface area contributed by atoms with Crippen molar-refractivity contribution >= 4 is 16.9 Å². The second-order valence-electron chi connectivity index (χ2n) is 10.9. The van der Waals surface area contributed by atoms with E-state index in [1.165, 1.54) is 38.2 Å². The van der Waals surface area contributed by atoms with E-state index in [1.54, 1.807) is 70.8 Å². The van der Waals surface area contributed by atoms with Gasteiger partial charge in [0.15, 0.2) is 0 Å². The molecule has 0 spiro atoms. The number of aromatic nitrogens is 1. The molecule has 7 nitrogen and oxygen atoms in total. The van der Waals surface area contributed by atoms with Crippen LogP contribution in [0.4, 0.5) is 0 Å². The molecule has 4 aromatic carbocycles. The van der Waals surface area contributed by atoms with Crippen molar-refractivity contribution in [1.29, 1.82) is 0 Å². The minimum atomic E-state index is -0.879. The van der Waals surface area contributed by atoms with Crippen LogP contribution in [0.25, 0.3) is 10.9 Å².